The number of imidazole rings is 1. The lowest BCUT2D eigenvalue weighted by Gasteiger charge is -2.18. The number of benzene rings is 3. The lowest BCUT2D eigenvalue weighted by atomic mass is 9.95. The number of aryl methyl sites for hydroxylation is 3. The molecule has 0 unspecified atom stereocenters. The first-order chi connectivity index (χ1) is 18.2. The van der Waals surface area contributed by atoms with Crippen LogP contribution in [0.3, 0.4) is 0 Å². The summed E-state index contributed by atoms with van der Waals surface area (Å²) in [5, 5.41) is 2.11. The molecule has 186 valence electrons. The van der Waals surface area contributed by atoms with Crippen LogP contribution in [0, 0.1) is 0 Å². The van der Waals surface area contributed by atoms with Crippen molar-refractivity contribution >= 4 is 21.8 Å². The van der Waals surface area contributed by atoms with Crippen LogP contribution in [-0.2, 0) is 26.1 Å². The highest BCUT2D eigenvalue weighted by Gasteiger charge is 2.28. The maximum Gasteiger partial charge on any atom is 0.231 e. The third-order valence-corrected chi connectivity index (χ3v) is 7.32. The number of rotatable bonds is 6. The Morgan fingerprint density at radius 3 is 2.78 bits per heavy atom. The smallest absolute Gasteiger partial charge is 0.231 e. The van der Waals surface area contributed by atoms with E-state index in [0.717, 1.165) is 76.5 Å². The van der Waals surface area contributed by atoms with E-state index in [1.165, 1.54) is 11.1 Å². The van der Waals surface area contributed by atoms with E-state index < -0.39 is 0 Å². The normalized spacial score (nSPS) is 13.6. The molecular weight excluding hydrogens is 466 g/mol. The van der Waals surface area contributed by atoms with Gasteiger partial charge in [0.15, 0.2) is 35.7 Å². The van der Waals surface area contributed by atoms with Crippen LogP contribution in [0.5, 0.6) is 23.0 Å². The van der Waals surface area contributed by atoms with Gasteiger partial charge in [-0.25, -0.2) is 4.98 Å². The lowest BCUT2D eigenvalue weighted by Crippen LogP contribution is -2.40. The van der Waals surface area contributed by atoms with Crippen LogP contribution in [0.4, 0.5) is 0 Å². The summed E-state index contributed by atoms with van der Waals surface area (Å²) in [6.07, 6.45) is 4.14. The third kappa shape index (κ3) is 3.56. The van der Waals surface area contributed by atoms with Crippen molar-refractivity contribution in [2.75, 3.05) is 13.9 Å². The molecule has 3 aromatic carbocycles. The van der Waals surface area contributed by atoms with Crippen LogP contribution in [0.25, 0.3) is 33.1 Å². The van der Waals surface area contributed by atoms with Gasteiger partial charge in [0.2, 0.25) is 12.5 Å². The Balaban J connectivity index is 1.30. The molecule has 0 N–H and O–H groups in total. The fraction of sp³-hybridized carbons (Fsp3) is 0.267. The van der Waals surface area contributed by atoms with Crippen LogP contribution in [0.15, 0.2) is 60.8 Å². The molecule has 0 saturated heterocycles. The molecule has 0 atom stereocenters. The van der Waals surface area contributed by atoms with Crippen molar-refractivity contribution in [2.24, 2.45) is 0 Å². The second-order valence-electron chi connectivity index (χ2n) is 9.52. The van der Waals surface area contributed by atoms with Gasteiger partial charge in [-0.3, -0.25) is 0 Å². The SMILES string of the molecule is CCCn1c(COc2c(OC)ccc3cc4[n+](cc23)CCc2cc3c(cc2-4)OCO3)nc2ccccc21. The molecule has 7 heteroatoms. The monoisotopic (exact) mass is 494 g/mol. The minimum absolute atomic E-state index is 0.280. The van der Waals surface area contributed by atoms with Gasteiger partial charge in [-0.05, 0) is 53.8 Å². The van der Waals surface area contributed by atoms with Crippen molar-refractivity contribution in [1.82, 2.24) is 9.55 Å². The third-order valence-electron chi connectivity index (χ3n) is 7.32. The Morgan fingerprint density at radius 2 is 1.92 bits per heavy atom. The van der Waals surface area contributed by atoms with Crippen molar-refractivity contribution in [1.29, 1.82) is 0 Å². The molecule has 37 heavy (non-hydrogen) atoms. The Hall–Kier alpha value is -4.26. The van der Waals surface area contributed by atoms with Crippen LogP contribution in [-0.4, -0.2) is 23.5 Å². The first-order valence-corrected chi connectivity index (χ1v) is 12.8. The largest absolute Gasteiger partial charge is 0.493 e. The van der Waals surface area contributed by atoms with Crippen LogP contribution in [0.1, 0.15) is 24.7 Å². The predicted octanol–water partition coefficient (Wildman–Crippen LogP) is 5.43. The van der Waals surface area contributed by atoms with Gasteiger partial charge < -0.3 is 23.5 Å². The Kier molecular flexibility index (Phi) is 5.16. The maximum absolute atomic E-state index is 6.51. The van der Waals surface area contributed by atoms with Gasteiger partial charge in [-0.15, -0.1) is 0 Å². The van der Waals surface area contributed by atoms with Crippen molar-refractivity contribution in [3.05, 3.63) is 72.2 Å². The number of pyridine rings is 1. The van der Waals surface area contributed by atoms with Gasteiger partial charge in [0.1, 0.15) is 12.4 Å². The van der Waals surface area contributed by atoms with E-state index in [9.17, 15) is 0 Å². The molecule has 0 amide bonds. The fourth-order valence-corrected chi connectivity index (χ4v) is 5.55. The van der Waals surface area contributed by atoms with Crippen molar-refractivity contribution < 1.29 is 23.5 Å². The number of hydrogen-bond acceptors (Lipinski definition) is 5. The van der Waals surface area contributed by atoms with Crippen LogP contribution < -0.4 is 23.5 Å². The van der Waals surface area contributed by atoms with Crippen LogP contribution >= 0.6 is 0 Å². The second kappa shape index (κ2) is 8.69. The molecule has 0 bridgehead atoms. The summed E-state index contributed by atoms with van der Waals surface area (Å²) in [6.45, 7) is 4.59. The summed E-state index contributed by atoms with van der Waals surface area (Å²) in [5.41, 5.74) is 5.75. The summed E-state index contributed by atoms with van der Waals surface area (Å²) in [7, 11) is 1.69. The number of fused-ring (bicyclic) bond motifs is 6. The van der Waals surface area contributed by atoms with E-state index in [4.69, 9.17) is 23.9 Å². The Labute approximate surface area is 214 Å². The maximum atomic E-state index is 6.51. The highest BCUT2D eigenvalue weighted by Crippen LogP contribution is 2.42. The zero-order chi connectivity index (χ0) is 24.9. The first-order valence-electron chi connectivity index (χ1n) is 12.8. The topological polar surface area (TPSA) is 58.6 Å². The standard InChI is InChI=1S/C30H28N3O4/c1-3-11-33-24-7-5-4-6-23(24)31-29(33)17-35-30-22-16-32-12-10-20-14-27-28(37-18-36-27)15-21(20)25(32)13-19(22)8-9-26(30)34-2/h4-9,13-16H,3,10-12,17-18H2,1-2H3/q+1. The number of ether oxygens (including phenoxy) is 4. The van der Waals surface area contributed by atoms with Crippen LogP contribution in [0.2, 0.25) is 0 Å². The minimum atomic E-state index is 0.280. The molecule has 0 fully saturated rings. The van der Waals surface area contributed by atoms with E-state index >= 15 is 0 Å². The first kappa shape index (κ1) is 22.0. The summed E-state index contributed by atoms with van der Waals surface area (Å²) >= 11 is 0. The summed E-state index contributed by atoms with van der Waals surface area (Å²) in [4.78, 5) is 4.88. The summed E-state index contributed by atoms with van der Waals surface area (Å²) in [5.74, 6) is 4.01. The average Bonchev–Trinajstić information content (AvgIpc) is 3.53. The second-order valence-corrected chi connectivity index (χ2v) is 9.52. The van der Waals surface area contributed by atoms with E-state index in [1.807, 2.05) is 12.1 Å². The van der Waals surface area contributed by atoms with Gasteiger partial charge in [-0.1, -0.05) is 19.1 Å². The van der Waals surface area contributed by atoms with Gasteiger partial charge in [0.05, 0.1) is 29.1 Å². The minimum Gasteiger partial charge on any atom is -0.493 e. The number of aromatic nitrogens is 3. The van der Waals surface area contributed by atoms with Gasteiger partial charge in [0, 0.05) is 19.0 Å². The molecule has 0 spiro atoms. The molecule has 0 aliphatic carbocycles. The molecule has 0 saturated carbocycles. The van der Waals surface area contributed by atoms with E-state index in [0.29, 0.717) is 12.4 Å². The number of nitrogens with zero attached hydrogens (tertiary/aromatic N) is 3. The average molecular weight is 495 g/mol. The van der Waals surface area contributed by atoms with Crippen molar-refractivity contribution in [2.45, 2.75) is 39.5 Å². The molecule has 4 heterocycles. The van der Waals surface area contributed by atoms with E-state index in [-0.39, 0.29) is 6.79 Å². The van der Waals surface area contributed by atoms with Gasteiger partial charge in [-0.2, -0.15) is 4.57 Å². The number of methoxy groups -OCH3 is 1. The fourth-order valence-electron chi connectivity index (χ4n) is 5.55. The van der Waals surface area contributed by atoms with Gasteiger partial charge in [0.25, 0.3) is 0 Å². The van der Waals surface area contributed by atoms with E-state index in [2.05, 4.69) is 64.7 Å². The highest BCUT2D eigenvalue weighted by atomic mass is 16.7. The van der Waals surface area contributed by atoms with E-state index in [1.54, 1.807) is 7.11 Å². The molecule has 7 nitrogen and oxygen atoms in total. The molecule has 2 aliphatic heterocycles. The highest BCUT2D eigenvalue weighted by molar-refractivity contribution is 5.91. The molecule has 5 aromatic rings. The molecule has 0 radical (unpaired) electrons. The zero-order valence-electron chi connectivity index (χ0n) is 21.0. The van der Waals surface area contributed by atoms with Crippen molar-refractivity contribution in [3.8, 4) is 34.3 Å². The predicted molar refractivity (Wildman–Crippen MR) is 140 cm³/mol. The molecule has 7 rings (SSSR count). The molecular formula is C30H28N3O4+. The van der Waals surface area contributed by atoms with Crippen molar-refractivity contribution in [3.63, 3.8) is 0 Å². The van der Waals surface area contributed by atoms with Gasteiger partial charge >= 0.3 is 0 Å². The molecule has 2 aromatic heterocycles. The lowest BCUT2D eigenvalue weighted by molar-refractivity contribution is -0.686. The number of para-hydroxylation sites is 2. The molecule has 2 aliphatic rings. The zero-order valence-corrected chi connectivity index (χ0v) is 21.0. The summed E-state index contributed by atoms with van der Waals surface area (Å²) in [6, 6.07) is 18.8. The summed E-state index contributed by atoms with van der Waals surface area (Å²) < 4.78 is 28.1. The number of hydrogen-bond donors (Lipinski definition) is 0. The Bertz CT molecular complexity index is 1670. The quantitative estimate of drug-likeness (QED) is 0.295. The Morgan fingerprint density at radius 1 is 1.05 bits per heavy atom.